The first-order valence-electron chi connectivity index (χ1n) is 10.2. The maximum absolute atomic E-state index is 5.24. The first-order chi connectivity index (χ1) is 13.6. The molecule has 7 heteroatoms. The van der Waals surface area contributed by atoms with Crippen molar-refractivity contribution in [3.63, 3.8) is 0 Å². The number of aromatic nitrogens is 2. The Morgan fingerprint density at radius 1 is 1.25 bits per heavy atom. The summed E-state index contributed by atoms with van der Waals surface area (Å²) in [5, 5.41) is 11.0. The van der Waals surface area contributed by atoms with Gasteiger partial charge in [-0.05, 0) is 59.1 Å². The number of aryl methyl sites for hydroxylation is 3. The van der Waals surface area contributed by atoms with Gasteiger partial charge in [0.15, 0.2) is 5.96 Å². The molecule has 3 rings (SSSR count). The largest absolute Gasteiger partial charge is 0.361 e. The number of hydrogen-bond acceptors (Lipinski definition) is 5. The van der Waals surface area contributed by atoms with E-state index in [0.29, 0.717) is 12.6 Å². The molecular formula is C21H32N6O. The number of piperidine rings is 1. The predicted molar refractivity (Wildman–Crippen MR) is 113 cm³/mol. The van der Waals surface area contributed by atoms with Crippen molar-refractivity contribution in [3.8, 4) is 0 Å². The van der Waals surface area contributed by atoms with Gasteiger partial charge in [-0.3, -0.25) is 4.99 Å². The van der Waals surface area contributed by atoms with Gasteiger partial charge in [-0.15, -0.1) is 0 Å². The van der Waals surface area contributed by atoms with Crippen molar-refractivity contribution in [2.75, 3.05) is 31.1 Å². The summed E-state index contributed by atoms with van der Waals surface area (Å²) in [6, 6.07) is 6.65. The normalized spacial score (nSPS) is 15.7. The van der Waals surface area contributed by atoms with Crippen LogP contribution in [0, 0.1) is 20.8 Å². The smallest absolute Gasteiger partial charge is 0.191 e. The van der Waals surface area contributed by atoms with Crippen LogP contribution in [0.1, 0.15) is 42.5 Å². The highest BCUT2D eigenvalue weighted by Gasteiger charge is 2.21. The second kappa shape index (κ2) is 9.57. The standard InChI is InChI=1S/C21H32N6O/c1-5-22-21(23-12-9-19-16(3)26-28-17(19)4)25-18-10-13-27(14-11-18)20-8-6-7-15(2)24-20/h6-8,18H,5,9-14H2,1-4H3,(H2,22,23,25). The van der Waals surface area contributed by atoms with Crippen molar-refractivity contribution in [1.29, 1.82) is 0 Å². The molecule has 0 bridgehead atoms. The van der Waals surface area contributed by atoms with Gasteiger partial charge in [0.1, 0.15) is 11.6 Å². The van der Waals surface area contributed by atoms with Crippen molar-refractivity contribution in [1.82, 2.24) is 20.8 Å². The van der Waals surface area contributed by atoms with E-state index in [1.165, 1.54) is 5.56 Å². The number of nitrogens with one attached hydrogen (secondary N) is 2. The summed E-state index contributed by atoms with van der Waals surface area (Å²) in [6.45, 7) is 11.7. The second-order valence-corrected chi connectivity index (χ2v) is 7.36. The minimum absolute atomic E-state index is 0.429. The molecule has 0 aromatic carbocycles. The lowest BCUT2D eigenvalue weighted by Gasteiger charge is -2.34. The van der Waals surface area contributed by atoms with E-state index in [0.717, 1.165) is 67.8 Å². The van der Waals surface area contributed by atoms with Crippen molar-refractivity contribution < 1.29 is 4.52 Å². The van der Waals surface area contributed by atoms with Crippen LogP contribution in [0.2, 0.25) is 0 Å². The number of hydrogen-bond donors (Lipinski definition) is 2. The Balaban J connectivity index is 1.52. The maximum Gasteiger partial charge on any atom is 0.191 e. The topological polar surface area (TPSA) is 78.6 Å². The molecule has 1 aliphatic rings. The predicted octanol–water partition coefficient (Wildman–Crippen LogP) is 2.76. The van der Waals surface area contributed by atoms with E-state index >= 15 is 0 Å². The lowest BCUT2D eigenvalue weighted by molar-refractivity contribution is 0.392. The number of guanidine groups is 1. The molecule has 0 spiro atoms. The van der Waals surface area contributed by atoms with Crippen molar-refractivity contribution >= 4 is 11.8 Å². The fourth-order valence-electron chi connectivity index (χ4n) is 3.61. The molecule has 0 aliphatic carbocycles. The highest BCUT2D eigenvalue weighted by atomic mass is 16.5. The zero-order valence-electron chi connectivity index (χ0n) is 17.5. The molecule has 7 nitrogen and oxygen atoms in total. The van der Waals surface area contributed by atoms with Crippen LogP contribution in [-0.4, -0.2) is 48.3 Å². The summed E-state index contributed by atoms with van der Waals surface area (Å²) < 4.78 is 5.24. The summed E-state index contributed by atoms with van der Waals surface area (Å²) in [7, 11) is 0. The Bertz CT molecular complexity index is 772. The number of anilines is 1. The highest BCUT2D eigenvalue weighted by molar-refractivity contribution is 5.80. The number of pyridine rings is 1. The molecule has 1 saturated heterocycles. The van der Waals surface area contributed by atoms with E-state index in [9.17, 15) is 0 Å². The van der Waals surface area contributed by atoms with Gasteiger partial charge in [0.2, 0.25) is 0 Å². The molecule has 0 amide bonds. The van der Waals surface area contributed by atoms with E-state index in [1.807, 2.05) is 26.8 Å². The van der Waals surface area contributed by atoms with Gasteiger partial charge in [0.25, 0.3) is 0 Å². The third-order valence-corrected chi connectivity index (χ3v) is 5.19. The fraction of sp³-hybridized carbons (Fsp3) is 0.571. The third kappa shape index (κ3) is 5.24. The Hall–Kier alpha value is -2.57. The third-order valence-electron chi connectivity index (χ3n) is 5.19. The Labute approximate surface area is 167 Å². The van der Waals surface area contributed by atoms with Crippen LogP contribution >= 0.6 is 0 Å². The molecule has 0 unspecified atom stereocenters. The fourth-order valence-corrected chi connectivity index (χ4v) is 3.61. The molecule has 28 heavy (non-hydrogen) atoms. The minimum atomic E-state index is 0.429. The first kappa shape index (κ1) is 20.2. The maximum atomic E-state index is 5.24. The van der Waals surface area contributed by atoms with Crippen molar-refractivity contribution in [2.45, 2.75) is 53.0 Å². The Morgan fingerprint density at radius 2 is 2.04 bits per heavy atom. The van der Waals surface area contributed by atoms with Gasteiger partial charge in [-0.25, -0.2) is 4.98 Å². The lowest BCUT2D eigenvalue weighted by atomic mass is 10.1. The van der Waals surface area contributed by atoms with Crippen LogP contribution in [-0.2, 0) is 6.42 Å². The molecule has 1 aliphatic heterocycles. The quantitative estimate of drug-likeness (QED) is 0.589. The van der Waals surface area contributed by atoms with E-state index in [2.05, 4.69) is 44.7 Å². The minimum Gasteiger partial charge on any atom is -0.361 e. The van der Waals surface area contributed by atoms with E-state index in [-0.39, 0.29) is 0 Å². The van der Waals surface area contributed by atoms with Gasteiger partial charge in [-0.1, -0.05) is 11.2 Å². The second-order valence-electron chi connectivity index (χ2n) is 7.36. The molecule has 0 saturated carbocycles. The van der Waals surface area contributed by atoms with Crippen LogP contribution in [0.25, 0.3) is 0 Å². The lowest BCUT2D eigenvalue weighted by Crippen LogP contribution is -2.49. The van der Waals surface area contributed by atoms with Crippen LogP contribution < -0.4 is 15.5 Å². The highest BCUT2D eigenvalue weighted by Crippen LogP contribution is 2.18. The van der Waals surface area contributed by atoms with Gasteiger partial charge in [-0.2, -0.15) is 0 Å². The Kier molecular flexibility index (Phi) is 6.90. The monoisotopic (exact) mass is 384 g/mol. The molecule has 3 heterocycles. The molecule has 2 aromatic rings. The molecule has 1 fully saturated rings. The van der Waals surface area contributed by atoms with Gasteiger partial charge >= 0.3 is 0 Å². The zero-order valence-corrected chi connectivity index (χ0v) is 17.5. The molecular weight excluding hydrogens is 352 g/mol. The molecule has 0 radical (unpaired) electrons. The van der Waals surface area contributed by atoms with Crippen LogP contribution in [0.4, 0.5) is 5.82 Å². The average molecular weight is 385 g/mol. The first-order valence-corrected chi connectivity index (χ1v) is 10.2. The number of aliphatic imine (C=N–C) groups is 1. The molecule has 152 valence electrons. The summed E-state index contributed by atoms with van der Waals surface area (Å²) in [4.78, 5) is 11.8. The van der Waals surface area contributed by atoms with Gasteiger partial charge in [0, 0.05) is 43.5 Å². The van der Waals surface area contributed by atoms with Crippen molar-refractivity contribution in [3.05, 3.63) is 40.9 Å². The molecule has 2 aromatic heterocycles. The summed E-state index contributed by atoms with van der Waals surface area (Å²) in [5.41, 5.74) is 3.19. The van der Waals surface area contributed by atoms with Crippen molar-refractivity contribution in [2.24, 2.45) is 4.99 Å². The zero-order chi connectivity index (χ0) is 19.9. The SMILES string of the molecule is CCNC(=NCCc1c(C)noc1C)NC1CCN(c2cccc(C)n2)CC1. The van der Waals surface area contributed by atoms with E-state index in [4.69, 9.17) is 9.52 Å². The average Bonchev–Trinajstić information content (AvgIpc) is 3.01. The van der Waals surface area contributed by atoms with Crippen LogP contribution in [0.3, 0.4) is 0 Å². The number of nitrogens with zero attached hydrogens (tertiary/aromatic N) is 4. The molecule has 0 atom stereocenters. The number of rotatable bonds is 6. The van der Waals surface area contributed by atoms with E-state index < -0.39 is 0 Å². The van der Waals surface area contributed by atoms with Gasteiger partial charge in [0.05, 0.1) is 5.69 Å². The summed E-state index contributed by atoms with van der Waals surface area (Å²) in [6.07, 6.45) is 2.99. The summed E-state index contributed by atoms with van der Waals surface area (Å²) in [5.74, 6) is 2.86. The molecule has 2 N–H and O–H groups in total. The Morgan fingerprint density at radius 3 is 2.68 bits per heavy atom. The van der Waals surface area contributed by atoms with Crippen LogP contribution in [0.15, 0.2) is 27.7 Å². The van der Waals surface area contributed by atoms with E-state index in [1.54, 1.807) is 0 Å². The summed E-state index contributed by atoms with van der Waals surface area (Å²) >= 11 is 0. The van der Waals surface area contributed by atoms with Gasteiger partial charge < -0.3 is 20.1 Å². The van der Waals surface area contributed by atoms with Crippen LogP contribution in [0.5, 0.6) is 0 Å².